The van der Waals surface area contributed by atoms with Crippen LogP contribution in [0.25, 0.3) is 0 Å². The van der Waals surface area contributed by atoms with E-state index in [-0.39, 0.29) is 12.0 Å². The van der Waals surface area contributed by atoms with Gasteiger partial charge in [-0.25, -0.2) is 4.98 Å². The normalized spacial score (nSPS) is 26.7. The van der Waals surface area contributed by atoms with E-state index >= 15 is 0 Å². The molecule has 0 spiro atoms. The van der Waals surface area contributed by atoms with Gasteiger partial charge < -0.3 is 9.84 Å². The maximum atomic E-state index is 9.40. The summed E-state index contributed by atoms with van der Waals surface area (Å²) < 4.78 is 5.30. The Labute approximate surface area is 87.7 Å². The predicted molar refractivity (Wildman–Crippen MR) is 53.4 cm³/mol. The monoisotopic (exact) mass is 213 g/mol. The number of aromatic nitrogens is 1. The van der Waals surface area contributed by atoms with Gasteiger partial charge in [0, 0.05) is 6.61 Å². The van der Waals surface area contributed by atoms with Crippen molar-refractivity contribution in [1.29, 1.82) is 0 Å². The summed E-state index contributed by atoms with van der Waals surface area (Å²) in [5, 5.41) is 9.86. The van der Waals surface area contributed by atoms with Crippen molar-refractivity contribution in [2.75, 3.05) is 19.8 Å². The molecule has 4 heteroatoms. The van der Waals surface area contributed by atoms with Crippen molar-refractivity contribution in [1.82, 2.24) is 4.98 Å². The fourth-order valence-electron chi connectivity index (χ4n) is 1.72. The number of aliphatic hydroxyl groups is 1. The second-order valence-electron chi connectivity index (χ2n) is 3.59. The minimum Gasteiger partial charge on any atom is -0.395 e. The minimum atomic E-state index is -0.342. The Morgan fingerprint density at radius 1 is 1.57 bits per heavy atom. The zero-order chi connectivity index (χ0) is 10.0. The Balaban J connectivity index is 2.35. The van der Waals surface area contributed by atoms with Crippen LogP contribution in [0.5, 0.6) is 0 Å². The van der Waals surface area contributed by atoms with Crippen molar-refractivity contribution in [3.63, 3.8) is 0 Å². The van der Waals surface area contributed by atoms with Gasteiger partial charge in [-0.3, -0.25) is 0 Å². The smallest absolute Gasteiger partial charge is 0.129 e. The third-order valence-electron chi connectivity index (χ3n) is 2.66. The number of pyridine rings is 1. The molecule has 0 aliphatic carbocycles. The van der Waals surface area contributed by atoms with Crippen molar-refractivity contribution in [3.05, 3.63) is 29.0 Å². The highest BCUT2D eigenvalue weighted by atomic mass is 35.5. The molecular weight excluding hydrogens is 202 g/mol. The van der Waals surface area contributed by atoms with Crippen LogP contribution in [0.1, 0.15) is 12.1 Å². The van der Waals surface area contributed by atoms with Crippen LogP contribution >= 0.6 is 11.6 Å². The van der Waals surface area contributed by atoms with E-state index in [1.807, 2.05) is 12.1 Å². The first-order chi connectivity index (χ1) is 6.77. The van der Waals surface area contributed by atoms with Crippen LogP contribution in [-0.4, -0.2) is 29.9 Å². The molecule has 0 radical (unpaired) electrons. The summed E-state index contributed by atoms with van der Waals surface area (Å²) in [5.74, 6) is 0. The Morgan fingerprint density at radius 3 is 3.00 bits per heavy atom. The van der Waals surface area contributed by atoms with Gasteiger partial charge in [-0.1, -0.05) is 17.7 Å². The van der Waals surface area contributed by atoms with Gasteiger partial charge in [0.2, 0.25) is 0 Å². The predicted octanol–water partition coefficient (Wildman–Crippen LogP) is 1.39. The lowest BCUT2D eigenvalue weighted by atomic mass is 9.84. The fourth-order valence-corrected chi connectivity index (χ4v) is 1.88. The number of halogens is 1. The Morgan fingerprint density at radius 2 is 2.43 bits per heavy atom. The van der Waals surface area contributed by atoms with Crippen molar-refractivity contribution in [3.8, 4) is 0 Å². The maximum Gasteiger partial charge on any atom is 0.129 e. The SMILES string of the molecule is OCC1(c2cccc(Cl)n2)CCOC1. The molecule has 3 nitrogen and oxygen atoms in total. The van der Waals surface area contributed by atoms with Crippen LogP contribution in [0.15, 0.2) is 18.2 Å². The van der Waals surface area contributed by atoms with Crippen LogP contribution in [0, 0.1) is 0 Å². The highest BCUT2D eigenvalue weighted by Crippen LogP contribution is 2.31. The summed E-state index contributed by atoms with van der Waals surface area (Å²) in [6, 6.07) is 5.46. The molecule has 1 saturated heterocycles. The minimum absolute atomic E-state index is 0.0559. The van der Waals surface area contributed by atoms with E-state index < -0.39 is 0 Å². The van der Waals surface area contributed by atoms with Gasteiger partial charge in [-0.05, 0) is 18.6 Å². The first-order valence-corrected chi connectivity index (χ1v) is 4.96. The van der Waals surface area contributed by atoms with Gasteiger partial charge in [0.15, 0.2) is 0 Å². The second kappa shape index (κ2) is 3.85. The van der Waals surface area contributed by atoms with Crippen molar-refractivity contribution < 1.29 is 9.84 Å². The second-order valence-corrected chi connectivity index (χ2v) is 3.97. The third kappa shape index (κ3) is 1.63. The van der Waals surface area contributed by atoms with Crippen molar-refractivity contribution in [2.45, 2.75) is 11.8 Å². The molecule has 1 unspecified atom stereocenters. The summed E-state index contributed by atoms with van der Waals surface area (Å²) in [6.45, 7) is 1.26. The molecule has 0 bridgehead atoms. The summed E-state index contributed by atoms with van der Waals surface area (Å²) in [6.07, 6.45) is 0.802. The van der Waals surface area contributed by atoms with E-state index in [0.717, 1.165) is 12.1 Å². The van der Waals surface area contributed by atoms with Gasteiger partial charge in [-0.2, -0.15) is 0 Å². The third-order valence-corrected chi connectivity index (χ3v) is 2.87. The van der Waals surface area contributed by atoms with Crippen LogP contribution < -0.4 is 0 Å². The molecule has 1 aromatic heterocycles. The van der Waals surface area contributed by atoms with Gasteiger partial charge in [0.25, 0.3) is 0 Å². The largest absolute Gasteiger partial charge is 0.395 e. The Bertz CT molecular complexity index is 324. The van der Waals surface area contributed by atoms with E-state index in [9.17, 15) is 5.11 Å². The van der Waals surface area contributed by atoms with E-state index in [1.54, 1.807) is 6.07 Å². The molecule has 2 rings (SSSR count). The first-order valence-electron chi connectivity index (χ1n) is 4.58. The number of rotatable bonds is 2. The first kappa shape index (κ1) is 9.90. The Hall–Kier alpha value is -0.640. The molecule has 1 atom stereocenters. The molecule has 0 saturated carbocycles. The molecule has 1 fully saturated rings. The van der Waals surface area contributed by atoms with Gasteiger partial charge in [-0.15, -0.1) is 0 Å². The summed E-state index contributed by atoms with van der Waals surface area (Å²) in [5.41, 5.74) is 0.482. The summed E-state index contributed by atoms with van der Waals surface area (Å²) in [4.78, 5) is 4.22. The van der Waals surface area contributed by atoms with Crippen molar-refractivity contribution in [2.24, 2.45) is 0 Å². The van der Waals surface area contributed by atoms with Gasteiger partial charge in [0.1, 0.15) is 5.15 Å². The fraction of sp³-hybridized carbons (Fsp3) is 0.500. The number of hydrogen-bond acceptors (Lipinski definition) is 3. The molecule has 0 amide bonds. The number of nitrogens with zero attached hydrogens (tertiary/aromatic N) is 1. The van der Waals surface area contributed by atoms with Gasteiger partial charge >= 0.3 is 0 Å². The zero-order valence-corrected chi connectivity index (χ0v) is 8.50. The standard InChI is InChI=1S/C10H12ClNO2/c11-9-3-1-2-8(12-9)10(6-13)4-5-14-7-10/h1-3,13H,4-7H2. The lowest BCUT2D eigenvalue weighted by Crippen LogP contribution is -2.32. The number of hydrogen-bond donors (Lipinski definition) is 1. The molecule has 14 heavy (non-hydrogen) atoms. The molecule has 2 heterocycles. The average molecular weight is 214 g/mol. The van der Waals surface area contributed by atoms with E-state index in [4.69, 9.17) is 16.3 Å². The van der Waals surface area contributed by atoms with Gasteiger partial charge in [0.05, 0.1) is 24.3 Å². The number of aliphatic hydroxyl groups excluding tert-OH is 1. The molecule has 1 N–H and O–H groups in total. The summed E-state index contributed by atoms with van der Waals surface area (Å²) >= 11 is 5.81. The van der Waals surface area contributed by atoms with Crippen LogP contribution in [0.2, 0.25) is 5.15 Å². The highest BCUT2D eigenvalue weighted by molar-refractivity contribution is 6.29. The van der Waals surface area contributed by atoms with Crippen LogP contribution in [0.4, 0.5) is 0 Å². The molecule has 1 aromatic rings. The molecule has 0 aromatic carbocycles. The van der Waals surface area contributed by atoms with E-state index in [0.29, 0.717) is 18.4 Å². The zero-order valence-electron chi connectivity index (χ0n) is 7.74. The van der Waals surface area contributed by atoms with E-state index in [1.165, 1.54) is 0 Å². The van der Waals surface area contributed by atoms with Crippen LogP contribution in [-0.2, 0) is 10.2 Å². The van der Waals surface area contributed by atoms with E-state index in [2.05, 4.69) is 4.98 Å². The highest BCUT2D eigenvalue weighted by Gasteiger charge is 2.37. The number of ether oxygens (including phenoxy) is 1. The average Bonchev–Trinajstić information content (AvgIpc) is 2.67. The molecular formula is C10H12ClNO2. The lowest BCUT2D eigenvalue weighted by Gasteiger charge is -2.23. The van der Waals surface area contributed by atoms with Crippen LogP contribution in [0.3, 0.4) is 0 Å². The summed E-state index contributed by atoms with van der Waals surface area (Å²) in [7, 11) is 0. The maximum absolute atomic E-state index is 9.40. The topological polar surface area (TPSA) is 42.4 Å². The lowest BCUT2D eigenvalue weighted by molar-refractivity contribution is 0.138. The molecule has 1 aliphatic heterocycles. The molecule has 1 aliphatic rings. The quantitative estimate of drug-likeness (QED) is 0.755. The molecule has 76 valence electrons. The van der Waals surface area contributed by atoms with Crippen molar-refractivity contribution >= 4 is 11.6 Å². The Kier molecular flexibility index (Phi) is 2.72.